The molecule has 1 aliphatic rings. The van der Waals surface area contributed by atoms with Crippen molar-refractivity contribution in [3.05, 3.63) is 0 Å². The van der Waals surface area contributed by atoms with E-state index in [2.05, 4.69) is 10.6 Å². The van der Waals surface area contributed by atoms with Crippen LogP contribution in [0.15, 0.2) is 0 Å². The molecule has 2 unspecified atom stereocenters. The number of rotatable bonds is 6. The van der Waals surface area contributed by atoms with Crippen LogP contribution < -0.4 is 10.6 Å². The van der Waals surface area contributed by atoms with Gasteiger partial charge in [0.15, 0.2) is 0 Å². The minimum absolute atomic E-state index is 0.156. The zero-order chi connectivity index (χ0) is 11.8. The lowest BCUT2D eigenvalue weighted by molar-refractivity contribution is -0.122. The Hall–Kier alpha value is -0.610. The number of carbonyl (C=O) groups excluding carboxylic acids is 1. The lowest BCUT2D eigenvalue weighted by Gasteiger charge is -2.23. The van der Waals surface area contributed by atoms with Gasteiger partial charge in [0, 0.05) is 32.2 Å². The molecule has 0 aromatic carbocycles. The Morgan fingerprint density at radius 3 is 3.00 bits per heavy atom. The standard InChI is InChI=1S/C12H24N2O2/c1-10(6-8-16-2)14-12(15)9-11-5-3-4-7-13-11/h10-11,13H,3-9H2,1-2H3,(H,14,15). The lowest BCUT2D eigenvalue weighted by atomic mass is 10.0. The minimum Gasteiger partial charge on any atom is -0.385 e. The summed E-state index contributed by atoms with van der Waals surface area (Å²) < 4.78 is 4.98. The number of hydrogen-bond donors (Lipinski definition) is 2. The van der Waals surface area contributed by atoms with Crippen molar-refractivity contribution < 1.29 is 9.53 Å². The molecule has 16 heavy (non-hydrogen) atoms. The van der Waals surface area contributed by atoms with Crippen LogP contribution in [0.3, 0.4) is 0 Å². The molecule has 94 valence electrons. The van der Waals surface area contributed by atoms with E-state index in [0.717, 1.165) is 19.4 Å². The van der Waals surface area contributed by atoms with Crippen molar-refractivity contribution in [2.24, 2.45) is 0 Å². The molecule has 1 heterocycles. The molecule has 1 fully saturated rings. The quantitative estimate of drug-likeness (QED) is 0.714. The fourth-order valence-electron chi connectivity index (χ4n) is 2.02. The van der Waals surface area contributed by atoms with Crippen molar-refractivity contribution >= 4 is 5.91 Å². The number of piperidine rings is 1. The number of ether oxygens (including phenoxy) is 1. The second-order valence-corrected chi connectivity index (χ2v) is 4.60. The molecule has 0 aliphatic carbocycles. The maximum atomic E-state index is 11.7. The van der Waals surface area contributed by atoms with E-state index in [9.17, 15) is 4.79 Å². The molecule has 0 spiro atoms. The summed E-state index contributed by atoms with van der Waals surface area (Å²) in [6.07, 6.45) is 5.09. The summed E-state index contributed by atoms with van der Waals surface area (Å²) in [5.41, 5.74) is 0. The van der Waals surface area contributed by atoms with Gasteiger partial charge < -0.3 is 15.4 Å². The topological polar surface area (TPSA) is 50.4 Å². The van der Waals surface area contributed by atoms with Gasteiger partial charge in [0.1, 0.15) is 0 Å². The summed E-state index contributed by atoms with van der Waals surface area (Å²) in [7, 11) is 1.68. The zero-order valence-corrected chi connectivity index (χ0v) is 10.4. The van der Waals surface area contributed by atoms with Gasteiger partial charge in [-0.25, -0.2) is 0 Å². The van der Waals surface area contributed by atoms with Crippen molar-refractivity contribution in [1.29, 1.82) is 0 Å². The van der Waals surface area contributed by atoms with Crippen LogP contribution in [0.4, 0.5) is 0 Å². The smallest absolute Gasteiger partial charge is 0.221 e. The highest BCUT2D eigenvalue weighted by molar-refractivity contribution is 5.76. The maximum Gasteiger partial charge on any atom is 0.221 e. The fraction of sp³-hybridized carbons (Fsp3) is 0.917. The average Bonchev–Trinajstić information content (AvgIpc) is 2.27. The van der Waals surface area contributed by atoms with E-state index < -0.39 is 0 Å². The molecular formula is C12H24N2O2. The molecule has 4 nitrogen and oxygen atoms in total. The first kappa shape index (κ1) is 13.5. The van der Waals surface area contributed by atoms with Gasteiger partial charge in [-0.15, -0.1) is 0 Å². The van der Waals surface area contributed by atoms with Gasteiger partial charge in [0.05, 0.1) is 0 Å². The number of nitrogens with one attached hydrogen (secondary N) is 2. The van der Waals surface area contributed by atoms with Crippen LogP contribution in [-0.2, 0) is 9.53 Å². The van der Waals surface area contributed by atoms with E-state index in [1.54, 1.807) is 7.11 Å². The monoisotopic (exact) mass is 228 g/mol. The molecule has 2 atom stereocenters. The Labute approximate surface area is 98.1 Å². The molecule has 1 amide bonds. The highest BCUT2D eigenvalue weighted by Crippen LogP contribution is 2.09. The molecule has 0 radical (unpaired) electrons. The Kier molecular flexibility index (Phi) is 6.42. The minimum atomic E-state index is 0.156. The van der Waals surface area contributed by atoms with Crippen LogP contribution in [0.2, 0.25) is 0 Å². The fourth-order valence-corrected chi connectivity index (χ4v) is 2.02. The molecule has 0 aromatic rings. The Balaban J connectivity index is 2.13. The van der Waals surface area contributed by atoms with E-state index in [0.29, 0.717) is 19.1 Å². The predicted octanol–water partition coefficient (Wildman–Crippen LogP) is 1.06. The summed E-state index contributed by atoms with van der Waals surface area (Å²) in [5.74, 6) is 0.156. The lowest BCUT2D eigenvalue weighted by Crippen LogP contribution is -2.41. The highest BCUT2D eigenvalue weighted by Gasteiger charge is 2.17. The van der Waals surface area contributed by atoms with Crippen LogP contribution in [0, 0.1) is 0 Å². The van der Waals surface area contributed by atoms with Gasteiger partial charge in [-0.3, -0.25) is 4.79 Å². The van der Waals surface area contributed by atoms with E-state index in [1.165, 1.54) is 12.8 Å². The average molecular weight is 228 g/mol. The third-order valence-electron chi connectivity index (χ3n) is 3.01. The van der Waals surface area contributed by atoms with Gasteiger partial charge in [-0.2, -0.15) is 0 Å². The van der Waals surface area contributed by atoms with E-state index in [1.807, 2.05) is 6.92 Å². The second kappa shape index (κ2) is 7.63. The first-order valence-corrected chi connectivity index (χ1v) is 6.24. The van der Waals surface area contributed by atoms with Crippen molar-refractivity contribution in [2.75, 3.05) is 20.3 Å². The Bertz CT molecular complexity index is 203. The summed E-state index contributed by atoms with van der Waals surface area (Å²) >= 11 is 0. The molecule has 4 heteroatoms. The molecular weight excluding hydrogens is 204 g/mol. The zero-order valence-electron chi connectivity index (χ0n) is 10.4. The predicted molar refractivity (Wildman–Crippen MR) is 64.4 cm³/mol. The summed E-state index contributed by atoms with van der Waals surface area (Å²) in [5, 5.41) is 6.38. The van der Waals surface area contributed by atoms with Crippen LogP contribution in [0.1, 0.15) is 39.0 Å². The second-order valence-electron chi connectivity index (χ2n) is 4.60. The van der Waals surface area contributed by atoms with E-state index >= 15 is 0 Å². The maximum absolute atomic E-state index is 11.7. The van der Waals surface area contributed by atoms with Crippen LogP contribution >= 0.6 is 0 Å². The van der Waals surface area contributed by atoms with Gasteiger partial charge in [-0.05, 0) is 32.7 Å². The summed E-state index contributed by atoms with van der Waals surface area (Å²) in [4.78, 5) is 11.7. The number of carbonyl (C=O) groups is 1. The Morgan fingerprint density at radius 2 is 2.38 bits per heavy atom. The molecule has 1 saturated heterocycles. The number of hydrogen-bond acceptors (Lipinski definition) is 3. The number of methoxy groups -OCH3 is 1. The van der Waals surface area contributed by atoms with Gasteiger partial charge in [0.25, 0.3) is 0 Å². The SMILES string of the molecule is COCCC(C)NC(=O)CC1CCCCN1. The van der Waals surface area contributed by atoms with Crippen molar-refractivity contribution in [3.63, 3.8) is 0 Å². The van der Waals surface area contributed by atoms with E-state index in [-0.39, 0.29) is 11.9 Å². The molecule has 2 N–H and O–H groups in total. The summed E-state index contributed by atoms with van der Waals surface area (Å²) in [6, 6.07) is 0.583. The number of amides is 1. The Morgan fingerprint density at radius 1 is 1.56 bits per heavy atom. The molecule has 0 bridgehead atoms. The molecule has 0 aromatic heterocycles. The first-order chi connectivity index (χ1) is 7.72. The summed E-state index contributed by atoms with van der Waals surface area (Å²) in [6.45, 7) is 3.77. The molecule has 0 saturated carbocycles. The van der Waals surface area contributed by atoms with Crippen molar-refractivity contribution in [2.45, 2.75) is 51.1 Å². The highest BCUT2D eigenvalue weighted by atomic mass is 16.5. The molecule has 1 aliphatic heterocycles. The van der Waals surface area contributed by atoms with Crippen LogP contribution in [0.5, 0.6) is 0 Å². The van der Waals surface area contributed by atoms with Gasteiger partial charge in [0.2, 0.25) is 5.91 Å². The van der Waals surface area contributed by atoms with Crippen molar-refractivity contribution in [1.82, 2.24) is 10.6 Å². The molecule has 1 rings (SSSR count). The van der Waals surface area contributed by atoms with Gasteiger partial charge >= 0.3 is 0 Å². The van der Waals surface area contributed by atoms with Crippen LogP contribution in [-0.4, -0.2) is 38.3 Å². The normalized spacial score (nSPS) is 22.8. The first-order valence-electron chi connectivity index (χ1n) is 6.24. The van der Waals surface area contributed by atoms with Gasteiger partial charge in [-0.1, -0.05) is 6.42 Å². The third-order valence-corrected chi connectivity index (χ3v) is 3.01. The van der Waals surface area contributed by atoms with Crippen molar-refractivity contribution in [3.8, 4) is 0 Å². The van der Waals surface area contributed by atoms with Crippen LogP contribution in [0.25, 0.3) is 0 Å². The third kappa shape index (κ3) is 5.47. The largest absolute Gasteiger partial charge is 0.385 e. The van der Waals surface area contributed by atoms with E-state index in [4.69, 9.17) is 4.74 Å².